The Balaban J connectivity index is 1.80. The van der Waals surface area contributed by atoms with Crippen LogP contribution in [0.25, 0.3) is 0 Å². The minimum absolute atomic E-state index is 0.192. The van der Waals surface area contributed by atoms with Crippen molar-refractivity contribution in [3.05, 3.63) is 67.1 Å². The monoisotopic (exact) mass is 500 g/mol. The second-order valence-corrected chi connectivity index (χ2v) is 8.29. The van der Waals surface area contributed by atoms with E-state index < -0.39 is 0 Å². The normalized spacial score (nSPS) is 10.9. The van der Waals surface area contributed by atoms with Gasteiger partial charge in [-0.1, -0.05) is 47.8 Å². The quantitative estimate of drug-likeness (QED) is 0.307. The van der Waals surface area contributed by atoms with Crippen LogP contribution < -0.4 is 14.9 Å². The fourth-order valence-corrected chi connectivity index (χ4v) is 3.90. The fourth-order valence-electron chi connectivity index (χ4n) is 2.96. The fraction of sp³-hybridized carbons (Fsp3) is 0.333. The highest BCUT2D eigenvalue weighted by Crippen LogP contribution is 2.35. The highest BCUT2D eigenvalue weighted by atomic mass is 35.5. The minimum Gasteiger partial charge on any atom is -0.490 e. The Morgan fingerprint density at radius 2 is 1.77 bits per heavy atom. The molecule has 0 bridgehead atoms. The largest absolute Gasteiger partial charge is 0.490 e. The molecule has 0 saturated heterocycles. The standard InChI is InChI=1S/C21H23Cl3N4O2S/c1-3-6-20-26-27-21(31)28(20)25-11-13-9-18(29-4-2)19(10-17(13)24)30-12-14-15(22)7-5-8-16(14)23/h5,7-10,25H,3-4,6,11-12H2,1-2H3,(H,27,31). The van der Waals surface area contributed by atoms with Gasteiger partial charge in [-0.05, 0) is 49.3 Å². The summed E-state index contributed by atoms with van der Waals surface area (Å²) in [6.07, 6.45) is 1.76. The lowest BCUT2D eigenvalue weighted by Crippen LogP contribution is -2.18. The Labute approximate surface area is 201 Å². The molecule has 0 fully saturated rings. The van der Waals surface area contributed by atoms with Gasteiger partial charge in [0.15, 0.2) is 17.3 Å². The molecule has 0 unspecified atom stereocenters. The minimum atomic E-state index is 0.192. The summed E-state index contributed by atoms with van der Waals surface area (Å²) < 4.78 is 14.0. The predicted molar refractivity (Wildman–Crippen MR) is 128 cm³/mol. The van der Waals surface area contributed by atoms with Crippen LogP contribution in [0.4, 0.5) is 0 Å². The van der Waals surface area contributed by atoms with Crippen LogP contribution in [0, 0.1) is 4.77 Å². The van der Waals surface area contributed by atoms with Gasteiger partial charge >= 0.3 is 0 Å². The number of rotatable bonds is 10. The zero-order chi connectivity index (χ0) is 22.4. The van der Waals surface area contributed by atoms with Crippen molar-refractivity contribution in [2.45, 2.75) is 39.8 Å². The molecule has 1 aromatic heterocycles. The lowest BCUT2D eigenvalue weighted by atomic mass is 10.2. The maximum atomic E-state index is 6.54. The molecule has 0 radical (unpaired) electrons. The van der Waals surface area contributed by atoms with Crippen molar-refractivity contribution in [3.63, 3.8) is 0 Å². The van der Waals surface area contributed by atoms with E-state index in [1.54, 1.807) is 28.9 Å². The van der Waals surface area contributed by atoms with Crippen LogP contribution in [0.15, 0.2) is 30.3 Å². The number of ether oxygens (including phenoxy) is 2. The molecule has 166 valence electrons. The highest BCUT2D eigenvalue weighted by Gasteiger charge is 2.14. The molecule has 10 heteroatoms. The third kappa shape index (κ3) is 5.86. The van der Waals surface area contributed by atoms with Gasteiger partial charge in [0.2, 0.25) is 4.77 Å². The van der Waals surface area contributed by atoms with Crippen LogP contribution in [0.5, 0.6) is 11.5 Å². The number of nitrogens with one attached hydrogen (secondary N) is 2. The molecule has 0 aliphatic heterocycles. The number of aromatic amines is 1. The Morgan fingerprint density at radius 1 is 1.06 bits per heavy atom. The molecule has 3 rings (SSSR count). The van der Waals surface area contributed by atoms with Crippen molar-refractivity contribution in [3.8, 4) is 11.5 Å². The van der Waals surface area contributed by atoms with E-state index in [2.05, 4.69) is 22.5 Å². The van der Waals surface area contributed by atoms with Crippen molar-refractivity contribution in [2.24, 2.45) is 0 Å². The average molecular weight is 502 g/mol. The summed E-state index contributed by atoms with van der Waals surface area (Å²) in [5.41, 5.74) is 4.80. The first-order valence-electron chi connectivity index (χ1n) is 9.85. The van der Waals surface area contributed by atoms with Crippen LogP contribution in [-0.2, 0) is 19.6 Å². The molecule has 0 saturated carbocycles. The molecule has 2 aromatic carbocycles. The second kappa shape index (κ2) is 11.1. The van der Waals surface area contributed by atoms with Gasteiger partial charge < -0.3 is 14.9 Å². The first-order chi connectivity index (χ1) is 14.9. The maximum absolute atomic E-state index is 6.54. The molecule has 2 N–H and O–H groups in total. The summed E-state index contributed by atoms with van der Waals surface area (Å²) in [4.78, 5) is 0. The van der Waals surface area contributed by atoms with Gasteiger partial charge in [0.25, 0.3) is 0 Å². The summed E-state index contributed by atoms with van der Waals surface area (Å²) >= 11 is 24.3. The Kier molecular flexibility index (Phi) is 8.49. The lowest BCUT2D eigenvalue weighted by Gasteiger charge is -2.17. The number of H-pyrrole nitrogens is 1. The van der Waals surface area contributed by atoms with Gasteiger partial charge in [0.05, 0.1) is 13.2 Å². The first kappa shape index (κ1) is 23.7. The topological polar surface area (TPSA) is 64.1 Å². The van der Waals surface area contributed by atoms with Gasteiger partial charge in [-0.3, -0.25) is 5.10 Å². The molecule has 3 aromatic rings. The zero-order valence-electron chi connectivity index (χ0n) is 17.2. The van der Waals surface area contributed by atoms with Gasteiger partial charge in [-0.15, -0.1) is 0 Å². The number of halogens is 3. The third-order valence-corrected chi connectivity index (χ3v) is 5.82. The lowest BCUT2D eigenvalue weighted by molar-refractivity contribution is 0.269. The van der Waals surface area contributed by atoms with E-state index in [1.807, 2.05) is 13.0 Å². The molecule has 0 amide bonds. The first-order valence-corrected chi connectivity index (χ1v) is 11.4. The van der Waals surface area contributed by atoms with Crippen LogP contribution >= 0.6 is 47.0 Å². The van der Waals surface area contributed by atoms with Gasteiger partial charge in [0, 0.05) is 33.1 Å². The molecule has 31 heavy (non-hydrogen) atoms. The Morgan fingerprint density at radius 3 is 2.45 bits per heavy atom. The van der Waals surface area contributed by atoms with E-state index in [4.69, 9.17) is 56.5 Å². The van der Waals surface area contributed by atoms with Gasteiger partial charge in [-0.2, -0.15) is 5.10 Å². The van der Waals surface area contributed by atoms with E-state index in [1.165, 1.54) is 0 Å². The van der Waals surface area contributed by atoms with E-state index >= 15 is 0 Å². The molecule has 0 spiro atoms. The average Bonchev–Trinajstić information content (AvgIpc) is 3.08. The number of benzene rings is 2. The van der Waals surface area contributed by atoms with Crippen LogP contribution in [0.1, 0.15) is 37.2 Å². The second-order valence-electron chi connectivity index (χ2n) is 6.68. The number of hydrogen-bond acceptors (Lipinski definition) is 5. The van der Waals surface area contributed by atoms with Crippen LogP contribution in [0.2, 0.25) is 15.1 Å². The Bertz CT molecular complexity index is 1080. The SMILES string of the molecule is CCCc1n[nH]c(=S)n1NCc1cc(OCC)c(OCc2c(Cl)cccc2Cl)cc1Cl. The maximum Gasteiger partial charge on any atom is 0.214 e. The summed E-state index contributed by atoms with van der Waals surface area (Å²) in [5, 5.41) is 8.67. The molecule has 1 heterocycles. The Hall–Kier alpha value is -1.93. The van der Waals surface area contributed by atoms with E-state index in [0.717, 1.165) is 24.2 Å². The molecule has 6 nitrogen and oxygen atoms in total. The van der Waals surface area contributed by atoms with Crippen LogP contribution in [0.3, 0.4) is 0 Å². The highest BCUT2D eigenvalue weighted by molar-refractivity contribution is 7.71. The summed E-state index contributed by atoms with van der Waals surface area (Å²) in [7, 11) is 0. The van der Waals surface area contributed by atoms with Crippen LogP contribution in [-0.4, -0.2) is 21.5 Å². The summed E-state index contributed by atoms with van der Waals surface area (Å²) in [6, 6.07) is 8.91. The van der Waals surface area contributed by atoms with Gasteiger partial charge in [-0.25, -0.2) is 4.68 Å². The van der Waals surface area contributed by atoms with E-state index in [-0.39, 0.29) is 6.61 Å². The number of aromatic nitrogens is 3. The molecule has 0 atom stereocenters. The number of aryl methyl sites for hydroxylation is 1. The predicted octanol–water partition coefficient (Wildman–Crippen LogP) is 6.57. The molecule has 0 aliphatic carbocycles. The molecule has 0 aliphatic rings. The number of hydrogen-bond donors (Lipinski definition) is 2. The zero-order valence-corrected chi connectivity index (χ0v) is 20.3. The van der Waals surface area contributed by atoms with E-state index in [9.17, 15) is 0 Å². The number of nitrogens with zero attached hydrogens (tertiary/aromatic N) is 2. The molecular weight excluding hydrogens is 479 g/mol. The van der Waals surface area contributed by atoms with Crippen molar-refractivity contribution in [2.75, 3.05) is 12.0 Å². The smallest absolute Gasteiger partial charge is 0.214 e. The third-order valence-electron chi connectivity index (χ3n) is 4.49. The molecular formula is C21H23Cl3N4O2S. The van der Waals surface area contributed by atoms with Crippen molar-refractivity contribution >= 4 is 47.0 Å². The van der Waals surface area contributed by atoms with Crippen molar-refractivity contribution in [1.29, 1.82) is 0 Å². The van der Waals surface area contributed by atoms with E-state index in [0.29, 0.717) is 50.1 Å². The van der Waals surface area contributed by atoms with Gasteiger partial charge in [0.1, 0.15) is 6.61 Å². The summed E-state index contributed by atoms with van der Waals surface area (Å²) in [6.45, 7) is 5.09. The van der Waals surface area contributed by atoms with Crippen molar-refractivity contribution < 1.29 is 9.47 Å². The van der Waals surface area contributed by atoms with Crippen molar-refractivity contribution in [1.82, 2.24) is 14.9 Å². The summed E-state index contributed by atoms with van der Waals surface area (Å²) in [5.74, 6) is 1.93.